The van der Waals surface area contributed by atoms with Gasteiger partial charge < -0.3 is 14.0 Å². The quantitative estimate of drug-likeness (QED) is 0.347. The van der Waals surface area contributed by atoms with Crippen LogP contribution in [-0.4, -0.2) is 24.9 Å². The van der Waals surface area contributed by atoms with Crippen LogP contribution in [0.25, 0.3) is 11.3 Å². The molecule has 0 aliphatic heterocycles. The van der Waals surface area contributed by atoms with Crippen molar-refractivity contribution >= 4 is 22.6 Å². The SMILES string of the molecule is CCn1c(-c2ccc(OCCOC)cc2C)[c-]cc(I)c1=O.[Y]. The second kappa shape index (κ2) is 9.91. The molecule has 0 aliphatic carbocycles. The number of ether oxygens (including phenoxy) is 2. The van der Waals surface area contributed by atoms with E-state index in [-0.39, 0.29) is 38.3 Å². The predicted molar refractivity (Wildman–Crippen MR) is 95.5 cm³/mol. The molecule has 0 saturated heterocycles. The number of rotatable bonds is 6. The molecule has 0 aliphatic rings. The van der Waals surface area contributed by atoms with Crippen LogP contribution in [0, 0.1) is 16.6 Å². The molecule has 0 atom stereocenters. The van der Waals surface area contributed by atoms with Crippen LogP contribution in [-0.2, 0) is 44.0 Å². The number of methoxy groups -OCH3 is 1. The Morgan fingerprint density at radius 1 is 1.30 bits per heavy atom. The third-order valence-corrected chi connectivity index (χ3v) is 4.15. The molecule has 0 spiro atoms. The molecular formula is C17H19INO3Y-. The zero-order valence-electron chi connectivity index (χ0n) is 13.6. The van der Waals surface area contributed by atoms with Gasteiger partial charge in [-0.05, 0) is 22.6 Å². The first-order valence-electron chi connectivity index (χ1n) is 7.12. The van der Waals surface area contributed by atoms with Gasteiger partial charge in [-0.1, -0.05) is 23.7 Å². The topological polar surface area (TPSA) is 40.5 Å². The van der Waals surface area contributed by atoms with Gasteiger partial charge >= 0.3 is 0 Å². The summed E-state index contributed by atoms with van der Waals surface area (Å²) in [5.41, 5.74) is 2.88. The number of hydrogen-bond acceptors (Lipinski definition) is 3. The molecule has 1 heterocycles. The number of halogens is 1. The van der Waals surface area contributed by atoms with Crippen LogP contribution in [0.3, 0.4) is 0 Å². The van der Waals surface area contributed by atoms with Crippen molar-refractivity contribution in [2.75, 3.05) is 20.3 Å². The Bertz CT molecular complexity index is 715. The van der Waals surface area contributed by atoms with Crippen LogP contribution in [0.2, 0.25) is 0 Å². The molecule has 1 aromatic heterocycles. The van der Waals surface area contributed by atoms with E-state index >= 15 is 0 Å². The smallest absolute Gasteiger partial charge is 0.207 e. The fraction of sp³-hybridized carbons (Fsp3) is 0.353. The average Bonchev–Trinajstić information content (AvgIpc) is 2.51. The Hall–Kier alpha value is -0.236. The van der Waals surface area contributed by atoms with Crippen molar-refractivity contribution in [3.63, 3.8) is 0 Å². The van der Waals surface area contributed by atoms with Crippen LogP contribution in [0.1, 0.15) is 12.5 Å². The minimum Gasteiger partial charge on any atom is -0.491 e. The molecule has 0 bridgehead atoms. The van der Waals surface area contributed by atoms with E-state index < -0.39 is 0 Å². The molecule has 0 unspecified atom stereocenters. The number of aryl methyl sites for hydroxylation is 1. The summed E-state index contributed by atoms with van der Waals surface area (Å²) in [5, 5.41) is 0. The summed E-state index contributed by atoms with van der Waals surface area (Å²) in [6.07, 6.45) is 0. The Morgan fingerprint density at radius 3 is 2.65 bits per heavy atom. The molecule has 1 radical (unpaired) electrons. The maximum atomic E-state index is 12.2. The van der Waals surface area contributed by atoms with Gasteiger partial charge in [0.05, 0.1) is 6.61 Å². The molecular weight excluding hydrogens is 482 g/mol. The summed E-state index contributed by atoms with van der Waals surface area (Å²) >= 11 is 2.05. The summed E-state index contributed by atoms with van der Waals surface area (Å²) < 4.78 is 13.0. The zero-order chi connectivity index (χ0) is 16.1. The zero-order valence-corrected chi connectivity index (χ0v) is 18.6. The van der Waals surface area contributed by atoms with Gasteiger partial charge in [0, 0.05) is 46.4 Å². The molecule has 1 aromatic carbocycles. The summed E-state index contributed by atoms with van der Waals surface area (Å²) in [7, 11) is 1.65. The third kappa shape index (κ3) is 5.12. The number of pyridine rings is 1. The van der Waals surface area contributed by atoms with E-state index in [1.54, 1.807) is 17.7 Å². The minimum absolute atomic E-state index is 0. The van der Waals surface area contributed by atoms with Crippen molar-refractivity contribution in [1.29, 1.82) is 0 Å². The maximum absolute atomic E-state index is 12.2. The van der Waals surface area contributed by atoms with Gasteiger partial charge in [0.15, 0.2) is 0 Å². The van der Waals surface area contributed by atoms with Gasteiger partial charge in [0.25, 0.3) is 0 Å². The first kappa shape index (κ1) is 20.8. The third-order valence-electron chi connectivity index (χ3n) is 3.38. The predicted octanol–water partition coefficient (Wildman–Crippen LogP) is 3.27. The minimum atomic E-state index is 0. The molecule has 2 rings (SSSR count). The van der Waals surface area contributed by atoms with Crippen molar-refractivity contribution in [3.8, 4) is 17.0 Å². The van der Waals surface area contributed by atoms with E-state index in [9.17, 15) is 4.79 Å². The maximum Gasteiger partial charge on any atom is 0.207 e. The average molecular weight is 501 g/mol. The molecule has 0 saturated carbocycles. The number of nitrogens with zero attached hydrogens (tertiary/aromatic N) is 1. The molecule has 4 nitrogen and oxygen atoms in total. The Morgan fingerprint density at radius 2 is 2.04 bits per heavy atom. The molecule has 0 fully saturated rings. The molecule has 23 heavy (non-hydrogen) atoms. The van der Waals surface area contributed by atoms with Crippen LogP contribution >= 0.6 is 22.6 Å². The first-order valence-corrected chi connectivity index (χ1v) is 8.20. The summed E-state index contributed by atoms with van der Waals surface area (Å²) in [5.74, 6) is 0.800. The van der Waals surface area contributed by atoms with Crippen LogP contribution in [0.4, 0.5) is 0 Å². The first-order chi connectivity index (χ1) is 10.6. The second-order valence-electron chi connectivity index (χ2n) is 4.85. The van der Waals surface area contributed by atoms with Crippen molar-refractivity contribution in [1.82, 2.24) is 4.57 Å². The fourth-order valence-electron chi connectivity index (χ4n) is 2.26. The largest absolute Gasteiger partial charge is 0.491 e. The van der Waals surface area contributed by atoms with Gasteiger partial charge in [-0.25, -0.2) is 0 Å². The van der Waals surface area contributed by atoms with Gasteiger partial charge in [0.2, 0.25) is 5.56 Å². The van der Waals surface area contributed by atoms with Crippen molar-refractivity contribution in [3.05, 3.63) is 49.8 Å². The number of aromatic nitrogens is 1. The van der Waals surface area contributed by atoms with Gasteiger partial charge in [0.1, 0.15) is 12.4 Å². The molecule has 6 heteroatoms. The Kier molecular flexibility index (Phi) is 8.97. The van der Waals surface area contributed by atoms with Gasteiger partial charge in [-0.15, -0.1) is 28.7 Å². The molecule has 2 aromatic rings. The van der Waals surface area contributed by atoms with Crippen LogP contribution < -0.4 is 10.3 Å². The summed E-state index contributed by atoms with van der Waals surface area (Å²) in [6, 6.07) is 10.8. The van der Waals surface area contributed by atoms with Gasteiger partial charge in [-0.3, -0.25) is 4.79 Å². The monoisotopic (exact) mass is 501 g/mol. The summed E-state index contributed by atoms with van der Waals surface area (Å²) in [6.45, 7) is 5.67. The van der Waals surface area contributed by atoms with Gasteiger partial charge in [-0.2, -0.15) is 12.1 Å². The standard InChI is InChI=1S/C17H19INO3.Y/c1-4-19-16(8-7-15(18)17(19)20)14-6-5-13(11-12(14)2)22-10-9-21-3;/h5-7,11H,4,9-10H2,1-3H3;/q-1;. The van der Waals surface area contributed by atoms with Crippen LogP contribution in [0.5, 0.6) is 5.75 Å². The Balaban J connectivity index is 0.00000264. The summed E-state index contributed by atoms with van der Waals surface area (Å²) in [4.78, 5) is 12.2. The van der Waals surface area contributed by atoms with Crippen LogP contribution in [0.15, 0.2) is 29.1 Å². The molecule has 0 amide bonds. The second-order valence-corrected chi connectivity index (χ2v) is 6.01. The van der Waals surface area contributed by atoms with Crippen molar-refractivity contribution < 1.29 is 42.2 Å². The van der Waals surface area contributed by atoms with E-state index in [0.29, 0.717) is 23.3 Å². The molecule has 0 N–H and O–H groups in total. The van der Waals surface area contributed by atoms with E-state index in [2.05, 4.69) is 6.07 Å². The number of hydrogen-bond donors (Lipinski definition) is 0. The Labute approximate surface area is 175 Å². The van der Waals surface area contributed by atoms with E-state index in [1.165, 1.54) is 0 Å². The van der Waals surface area contributed by atoms with E-state index in [0.717, 1.165) is 22.6 Å². The fourth-order valence-corrected chi connectivity index (χ4v) is 2.71. The van der Waals surface area contributed by atoms with E-state index in [1.807, 2.05) is 54.6 Å². The number of benzene rings is 1. The normalized spacial score (nSPS) is 10.3. The molecule has 121 valence electrons. The van der Waals surface area contributed by atoms with Crippen molar-refractivity contribution in [2.24, 2.45) is 0 Å². The van der Waals surface area contributed by atoms with E-state index in [4.69, 9.17) is 9.47 Å². The van der Waals surface area contributed by atoms with Crippen molar-refractivity contribution in [2.45, 2.75) is 20.4 Å².